The van der Waals surface area contributed by atoms with E-state index in [0.717, 1.165) is 18.9 Å². The molecule has 1 amide bonds. The molecule has 1 aliphatic carbocycles. The minimum atomic E-state index is -0.531. The van der Waals surface area contributed by atoms with Gasteiger partial charge in [0, 0.05) is 13.7 Å². The molecule has 0 heterocycles. The summed E-state index contributed by atoms with van der Waals surface area (Å²) in [5.41, 5.74) is 5.61. The smallest absolute Gasteiger partial charge is 0.239 e. The van der Waals surface area contributed by atoms with E-state index >= 15 is 0 Å². The van der Waals surface area contributed by atoms with E-state index in [-0.39, 0.29) is 24.9 Å². The minimum absolute atomic E-state index is 0. The summed E-state index contributed by atoms with van der Waals surface area (Å²) in [6, 6.07) is -0.531. The Hall–Kier alpha value is -0.320. The summed E-state index contributed by atoms with van der Waals surface area (Å²) in [6.07, 6.45) is 7.80. The molecule has 4 nitrogen and oxygen atoms in total. The topological polar surface area (TPSA) is 64.3 Å². The van der Waals surface area contributed by atoms with Gasteiger partial charge < -0.3 is 15.8 Å². The molecule has 5 heteroatoms. The first-order chi connectivity index (χ1) is 7.74. The number of carbonyl (C=O) groups excluding carboxylic acids is 1. The van der Waals surface area contributed by atoms with Crippen LogP contribution in [-0.4, -0.2) is 32.2 Å². The molecule has 102 valence electrons. The van der Waals surface area contributed by atoms with Crippen LogP contribution in [-0.2, 0) is 9.53 Å². The lowest BCUT2D eigenvalue weighted by Crippen LogP contribution is -2.44. The van der Waals surface area contributed by atoms with E-state index in [4.69, 9.17) is 10.5 Å². The van der Waals surface area contributed by atoms with E-state index in [1.807, 2.05) is 0 Å². The van der Waals surface area contributed by atoms with Crippen LogP contribution in [0.1, 0.15) is 38.5 Å². The van der Waals surface area contributed by atoms with Gasteiger partial charge in [-0.25, -0.2) is 0 Å². The van der Waals surface area contributed by atoms with Crippen molar-refractivity contribution in [3.63, 3.8) is 0 Å². The summed E-state index contributed by atoms with van der Waals surface area (Å²) in [7, 11) is 1.55. The molecule has 0 aromatic heterocycles. The number of halogens is 1. The zero-order chi connectivity index (χ0) is 11.8. The summed E-state index contributed by atoms with van der Waals surface area (Å²) in [5.74, 6) is 0.699. The molecule has 0 aromatic rings. The molecule has 1 atom stereocenters. The minimum Gasteiger partial charge on any atom is -0.383 e. The third kappa shape index (κ3) is 6.86. The van der Waals surface area contributed by atoms with Gasteiger partial charge in [-0.3, -0.25) is 4.79 Å². The molecule has 1 fully saturated rings. The number of rotatable bonds is 6. The molecular formula is C12H25ClN2O2. The van der Waals surface area contributed by atoms with E-state index in [1.54, 1.807) is 7.11 Å². The van der Waals surface area contributed by atoms with Crippen molar-refractivity contribution in [1.29, 1.82) is 0 Å². The lowest BCUT2D eigenvalue weighted by molar-refractivity contribution is -0.123. The average Bonchev–Trinajstić information content (AvgIpc) is 2.30. The SMILES string of the molecule is COCC(N)C(=O)NCCC1CCCCC1.Cl. The third-order valence-electron chi connectivity index (χ3n) is 3.26. The number of hydrogen-bond acceptors (Lipinski definition) is 3. The van der Waals surface area contributed by atoms with Crippen LogP contribution in [0, 0.1) is 5.92 Å². The van der Waals surface area contributed by atoms with Gasteiger partial charge >= 0.3 is 0 Å². The van der Waals surface area contributed by atoms with Crippen molar-refractivity contribution in [2.75, 3.05) is 20.3 Å². The average molecular weight is 265 g/mol. The number of nitrogens with two attached hydrogens (primary N) is 1. The first-order valence-corrected chi connectivity index (χ1v) is 6.26. The predicted octanol–water partition coefficient (Wildman–Crippen LogP) is 1.47. The molecular weight excluding hydrogens is 240 g/mol. The fourth-order valence-electron chi connectivity index (χ4n) is 2.26. The van der Waals surface area contributed by atoms with Crippen LogP contribution in [0.3, 0.4) is 0 Å². The van der Waals surface area contributed by atoms with Gasteiger partial charge in [0.05, 0.1) is 6.61 Å². The molecule has 0 aliphatic heterocycles. The molecule has 1 unspecified atom stereocenters. The second-order valence-corrected chi connectivity index (χ2v) is 4.65. The Morgan fingerprint density at radius 2 is 2.06 bits per heavy atom. The molecule has 3 N–H and O–H groups in total. The van der Waals surface area contributed by atoms with Gasteiger partial charge in [0.25, 0.3) is 0 Å². The van der Waals surface area contributed by atoms with E-state index < -0.39 is 6.04 Å². The Kier molecular flexibility index (Phi) is 9.50. The maximum atomic E-state index is 11.5. The molecule has 0 spiro atoms. The highest BCUT2D eigenvalue weighted by atomic mass is 35.5. The number of nitrogens with one attached hydrogen (secondary N) is 1. The number of methoxy groups -OCH3 is 1. The van der Waals surface area contributed by atoms with Gasteiger partial charge in [0.2, 0.25) is 5.91 Å². The molecule has 17 heavy (non-hydrogen) atoms. The molecule has 0 aromatic carbocycles. The van der Waals surface area contributed by atoms with E-state index in [9.17, 15) is 4.79 Å². The van der Waals surface area contributed by atoms with Gasteiger partial charge in [-0.05, 0) is 12.3 Å². The highest BCUT2D eigenvalue weighted by molar-refractivity contribution is 5.85. The van der Waals surface area contributed by atoms with Gasteiger partial charge in [-0.1, -0.05) is 32.1 Å². The van der Waals surface area contributed by atoms with E-state index in [1.165, 1.54) is 32.1 Å². The number of ether oxygens (including phenoxy) is 1. The predicted molar refractivity (Wildman–Crippen MR) is 71.3 cm³/mol. The number of hydrogen-bond donors (Lipinski definition) is 2. The van der Waals surface area contributed by atoms with Crippen LogP contribution in [0.25, 0.3) is 0 Å². The maximum absolute atomic E-state index is 11.5. The Balaban J connectivity index is 0.00000256. The van der Waals surface area contributed by atoms with Crippen LogP contribution >= 0.6 is 12.4 Å². The van der Waals surface area contributed by atoms with Crippen molar-refractivity contribution in [1.82, 2.24) is 5.32 Å². The van der Waals surface area contributed by atoms with Crippen molar-refractivity contribution < 1.29 is 9.53 Å². The van der Waals surface area contributed by atoms with Crippen molar-refractivity contribution in [3.8, 4) is 0 Å². The van der Waals surface area contributed by atoms with E-state index in [2.05, 4.69) is 5.32 Å². The monoisotopic (exact) mass is 264 g/mol. The summed E-state index contributed by atoms with van der Waals surface area (Å²) in [5, 5.41) is 2.87. The first kappa shape index (κ1) is 16.7. The van der Waals surface area contributed by atoms with Crippen molar-refractivity contribution in [3.05, 3.63) is 0 Å². The molecule has 0 radical (unpaired) electrons. The van der Waals surface area contributed by atoms with Gasteiger partial charge in [-0.2, -0.15) is 0 Å². The fraction of sp³-hybridized carbons (Fsp3) is 0.917. The second-order valence-electron chi connectivity index (χ2n) is 4.65. The lowest BCUT2D eigenvalue weighted by atomic mass is 9.87. The first-order valence-electron chi connectivity index (χ1n) is 6.26. The fourth-order valence-corrected chi connectivity index (χ4v) is 2.26. The zero-order valence-corrected chi connectivity index (χ0v) is 11.4. The van der Waals surface area contributed by atoms with Crippen molar-refractivity contribution in [2.24, 2.45) is 11.7 Å². The lowest BCUT2D eigenvalue weighted by Gasteiger charge is -2.21. The quantitative estimate of drug-likeness (QED) is 0.764. The van der Waals surface area contributed by atoms with Crippen LogP contribution in [0.5, 0.6) is 0 Å². The Morgan fingerprint density at radius 1 is 1.41 bits per heavy atom. The van der Waals surface area contributed by atoms with Crippen LogP contribution < -0.4 is 11.1 Å². The highest BCUT2D eigenvalue weighted by Gasteiger charge is 2.15. The summed E-state index contributed by atoms with van der Waals surface area (Å²) >= 11 is 0. The Bertz CT molecular complexity index is 209. The normalized spacial score (nSPS) is 18.2. The standard InChI is InChI=1S/C12H24N2O2.ClH/c1-16-9-11(13)12(15)14-8-7-10-5-3-2-4-6-10;/h10-11H,2-9,13H2,1H3,(H,14,15);1H. The summed E-state index contributed by atoms with van der Waals surface area (Å²) in [4.78, 5) is 11.5. The molecule has 1 rings (SSSR count). The Labute approximate surface area is 110 Å². The molecule has 1 aliphatic rings. The van der Waals surface area contributed by atoms with Crippen molar-refractivity contribution >= 4 is 18.3 Å². The van der Waals surface area contributed by atoms with Crippen LogP contribution in [0.15, 0.2) is 0 Å². The summed E-state index contributed by atoms with van der Waals surface area (Å²) < 4.78 is 4.84. The largest absolute Gasteiger partial charge is 0.383 e. The van der Waals surface area contributed by atoms with Crippen molar-refractivity contribution in [2.45, 2.75) is 44.6 Å². The van der Waals surface area contributed by atoms with Crippen LogP contribution in [0.4, 0.5) is 0 Å². The van der Waals surface area contributed by atoms with Crippen LogP contribution in [0.2, 0.25) is 0 Å². The Morgan fingerprint density at radius 3 is 2.65 bits per heavy atom. The molecule has 0 saturated heterocycles. The second kappa shape index (κ2) is 9.68. The van der Waals surface area contributed by atoms with Gasteiger partial charge in [0.15, 0.2) is 0 Å². The highest BCUT2D eigenvalue weighted by Crippen LogP contribution is 2.25. The summed E-state index contributed by atoms with van der Waals surface area (Å²) in [6.45, 7) is 1.04. The number of amides is 1. The molecule has 1 saturated carbocycles. The maximum Gasteiger partial charge on any atom is 0.239 e. The molecule has 0 bridgehead atoms. The number of carbonyl (C=O) groups is 1. The van der Waals surface area contributed by atoms with Gasteiger partial charge in [0.1, 0.15) is 6.04 Å². The third-order valence-corrected chi connectivity index (χ3v) is 3.26. The van der Waals surface area contributed by atoms with E-state index in [0.29, 0.717) is 0 Å². The van der Waals surface area contributed by atoms with Gasteiger partial charge in [-0.15, -0.1) is 12.4 Å². The zero-order valence-electron chi connectivity index (χ0n) is 10.6.